The van der Waals surface area contributed by atoms with Gasteiger partial charge in [0.05, 0.1) is 28.1 Å². The number of nitrogens with one attached hydrogen (secondary N) is 3. The van der Waals surface area contributed by atoms with Gasteiger partial charge in [-0.3, -0.25) is 10.1 Å². The third-order valence-corrected chi connectivity index (χ3v) is 8.55. The van der Waals surface area contributed by atoms with Crippen LogP contribution >= 0.6 is 11.3 Å². The number of hydrogen-bond donors (Lipinski definition) is 3. The van der Waals surface area contributed by atoms with Crippen molar-refractivity contribution < 1.29 is 4.39 Å². The summed E-state index contributed by atoms with van der Waals surface area (Å²) in [5.74, 6) is -0.0261. The third-order valence-electron chi connectivity index (χ3n) is 7.27. The quantitative estimate of drug-likeness (QED) is 0.137. The van der Waals surface area contributed by atoms with Crippen LogP contribution in [0.4, 0.5) is 4.39 Å². The predicted molar refractivity (Wildman–Crippen MR) is 181 cm³/mol. The van der Waals surface area contributed by atoms with E-state index in [1.165, 1.54) is 0 Å². The zero-order valence-corrected chi connectivity index (χ0v) is 25.4. The van der Waals surface area contributed by atoms with Crippen LogP contribution in [-0.4, -0.2) is 25.1 Å². The lowest BCUT2D eigenvalue weighted by Gasteiger charge is -2.12. The number of aromatic nitrogens is 5. The van der Waals surface area contributed by atoms with Crippen molar-refractivity contribution in [1.29, 1.82) is 0 Å². The van der Waals surface area contributed by atoms with Crippen LogP contribution in [0.1, 0.15) is 30.0 Å². The summed E-state index contributed by atoms with van der Waals surface area (Å²) in [6.45, 7) is 16.0. The molecule has 4 aromatic heterocycles. The normalized spacial score (nSPS) is 12.2. The molecule has 4 heterocycles. The van der Waals surface area contributed by atoms with Crippen LogP contribution < -0.4 is 5.32 Å². The maximum Gasteiger partial charge on any atom is 0.161 e. The van der Waals surface area contributed by atoms with E-state index < -0.39 is 5.82 Å². The minimum absolute atomic E-state index is 0.195. The fraction of sp³-hybridized carbons (Fsp3) is 0.0833. The van der Waals surface area contributed by atoms with Crippen LogP contribution in [0.5, 0.6) is 0 Å². The Labute approximate surface area is 259 Å². The summed E-state index contributed by atoms with van der Waals surface area (Å²) >= 11 is 1.67. The maximum atomic E-state index is 16.4. The highest BCUT2D eigenvalue weighted by atomic mass is 32.1. The Morgan fingerprint density at radius 3 is 2.59 bits per heavy atom. The lowest BCUT2D eigenvalue weighted by atomic mass is 10.1. The summed E-state index contributed by atoms with van der Waals surface area (Å²) in [5.41, 5.74) is 7.88. The van der Waals surface area contributed by atoms with E-state index in [9.17, 15) is 0 Å². The first-order chi connectivity index (χ1) is 21.4. The summed E-state index contributed by atoms with van der Waals surface area (Å²) in [4.78, 5) is 14.9. The second kappa shape index (κ2) is 12.1. The highest BCUT2D eigenvalue weighted by Gasteiger charge is 2.21. The van der Waals surface area contributed by atoms with Crippen LogP contribution in [0.15, 0.2) is 116 Å². The van der Waals surface area contributed by atoms with Gasteiger partial charge in [0.15, 0.2) is 11.6 Å². The standard InChI is InChI=1S/C36H31FN6S/c1-6-24(19-25(7-2)39-22(5)18-23-12-9-8-10-13-23)33-32(37)31-28(20-38-33)42-43-35(31)36-40-27-15-11-14-26(34(27)41-36)30-17-16-29(44-30)21(3)4/h6-17,19-20,39H,2-3,5,18H2,1,4H3,(H,40,41)(H,42,43)/b24-6+,25-19+. The van der Waals surface area contributed by atoms with Crippen molar-refractivity contribution in [2.75, 3.05) is 0 Å². The number of fused-ring (bicyclic) bond motifs is 2. The van der Waals surface area contributed by atoms with E-state index in [4.69, 9.17) is 4.98 Å². The van der Waals surface area contributed by atoms with Crippen molar-refractivity contribution in [3.05, 3.63) is 138 Å². The number of rotatable bonds is 10. The van der Waals surface area contributed by atoms with E-state index >= 15 is 4.39 Å². The van der Waals surface area contributed by atoms with Gasteiger partial charge < -0.3 is 10.3 Å². The molecule has 0 atom stereocenters. The lowest BCUT2D eigenvalue weighted by Crippen LogP contribution is -2.12. The van der Waals surface area contributed by atoms with E-state index in [-0.39, 0.29) is 5.69 Å². The van der Waals surface area contributed by atoms with Crippen molar-refractivity contribution in [3.63, 3.8) is 0 Å². The molecule has 0 amide bonds. The van der Waals surface area contributed by atoms with Crippen molar-refractivity contribution in [1.82, 2.24) is 30.5 Å². The van der Waals surface area contributed by atoms with Gasteiger partial charge in [0.1, 0.15) is 11.4 Å². The van der Waals surface area contributed by atoms with Gasteiger partial charge in [-0.1, -0.05) is 68.3 Å². The number of halogens is 1. The smallest absolute Gasteiger partial charge is 0.161 e. The van der Waals surface area contributed by atoms with Gasteiger partial charge in [0.2, 0.25) is 0 Å². The number of para-hydroxylation sites is 1. The van der Waals surface area contributed by atoms with Gasteiger partial charge in [-0.25, -0.2) is 9.37 Å². The first-order valence-corrected chi connectivity index (χ1v) is 14.9. The zero-order chi connectivity index (χ0) is 30.8. The van der Waals surface area contributed by atoms with Crippen molar-refractivity contribution in [3.8, 4) is 22.0 Å². The topological polar surface area (TPSA) is 82.3 Å². The molecule has 0 aliphatic carbocycles. The maximum absolute atomic E-state index is 16.4. The highest BCUT2D eigenvalue weighted by molar-refractivity contribution is 7.16. The number of H-pyrrole nitrogens is 2. The molecule has 6 aromatic rings. The van der Waals surface area contributed by atoms with Gasteiger partial charge in [-0.05, 0) is 55.3 Å². The Balaban J connectivity index is 1.35. The summed E-state index contributed by atoms with van der Waals surface area (Å²) in [6, 6.07) is 20.2. The van der Waals surface area contributed by atoms with Crippen molar-refractivity contribution in [2.45, 2.75) is 20.3 Å². The van der Waals surface area contributed by atoms with E-state index in [1.807, 2.05) is 74.5 Å². The Kier molecular flexibility index (Phi) is 7.91. The van der Waals surface area contributed by atoms with E-state index in [0.29, 0.717) is 40.1 Å². The largest absolute Gasteiger partial charge is 0.359 e. The van der Waals surface area contributed by atoms with E-state index in [1.54, 1.807) is 23.6 Å². The molecule has 8 heteroatoms. The summed E-state index contributed by atoms with van der Waals surface area (Å²) in [7, 11) is 0. The van der Waals surface area contributed by atoms with Crippen LogP contribution in [0.25, 0.3) is 55.0 Å². The van der Waals surface area contributed by atoms with Gasteiger partial charge in [-0.15, -0.1) is 11.3 Å². The molecular formula is C36H31FN6S. The molecule has 0 radical (unpaired) electrons. The molecular weight excluding hydrogens is 568 g/mol. The molecule has 218 valence electrons. The van der Waals surface area contributed by atoms with E-state index in [2.05, 4.69) is 57.4 Å². The van der Waals surface area contributed by atoms with Crippen molar-refractivity contribution >= 4 is 44.4 Å². The zero-order valence-electron chi connectivity index (χ0n) is 24.5. The summed E-state index contributed by atoms with van der Waals surface area (Å²) in [5, 5.41) is 11.0. The number of aromatic amines is 2. The molecule has 0 bridgehead atoms. The first-order valence-electron chi connectivity index (χ1n) is 14.1. The fourth-order valence-electron chi connectivity index (χ4n) is 5.10. The molecule has 0 saturated heterocycles. The number of hydrogen-bond acceptors (Lipinski definition) is 5. The molecule has 44 heavy (non-hydrogen) atoms. The van der Waals surface area contributed by atoms with Gasteiger partial charge >= 0.3 is 0 Å². The lowest BCUT2D eigenvalue weighted by molar-refractivity contribution is 0.630. The van der Waals surface area contributed by atoms with Crippen LogP contribution in [0, 0.1) is 5.82 Å². The van der Waals surface area contributed by atoms with Crippen molar-refractivity contribution in [2.24, 2.45) is 0 Å². The SMILES string of the molecule is C=C/C(=C\C(=C/C)c1ncc2[nH]nc(-c3nc4c(-c5ccc(C(=C)C)s5)cccc4[nH]3)c2c1F)NC(=C)Cc1ccccc1. The highest BCUT2D eigenvalue weighted by Crippen LogP contribution is 2.37. The molecule has 3 N–H and O–H groups in total. The number of thiophene rings is 1. The second-order valence-electron chi connectivity index (χ2n) is 10.5. The molecule has 0 fully saturated rings. The minimum Gasteiger partial charge on any atom is -0.359 e. The van der Waals surface area contributed by atoms with Crippen LogP contribution in [0.3, 0.4) is 0 Å². The molecule has 0 aliphatic rings. The molecule has 0 spiro atoms. The first kappa shape index (κ1) is 28.8. The Morgan fingerprint density at radius 2 is 1.86 bits per heavy atom. The van der Waals surface area contributed by atoms with Crippen LogP contribution in [0.2, 0.25) is 0 Å². The Bertz CT molecular complexity index is 2110. The summed E-state index contributed by atoms with van der Waals surface area (Å²) < 4.78 is 16.4. The number of pyridine rings is 1. The third kappa shape index (κ3) is 5.55. The molecule has 0 saturated carbocycles. The molecule has 6 rings (SSSR count). The van der Waals surface area contributed by atoms with Gasteiger partial charge in [-0.2, -0.15) is 5.10 Å². The fourth-order valence-corrected chi connectivity index (χ4v) is 6.05. The summed E-state index contributed by atoms with van der Waals surface area (Å²) in [6.07, 6.45) is 7.55. The number of nitrogens with zero attached hydrogens (tertiary/aromatic N) is 3. The van der Waals surface area contributed by atoms with Crippen LogP contribution in [-0.2, 0) is 6.42 Å². The molecule has 0 unspecified atom stereocenters. The monoisotopic (exact) mass is 598 g/mol. The van der Waals surface area contributed by atoms with Gasteiger partial charge in [0.25, 0.3) is 0 Å². The predicted octanol–water partition coefficient (Wildman–Crippen LogP) is 9.22. The Hall–Kier alpha value is -5.34. The average molecular weight is 599 g/mol. The number of allylic oxidation sites excluding steroid dienone is 6. The Morgan fingerprint density at radius 1 is 1.05 bits per heavy atom. The number of benzene rings is 2. The van der Waals surface area contributed by atoms with Gasteiger partial charge in [0, 0.05) is 38.7 Å². The van der Waals surface area contributed by atoms with E-state index in [0.717, 1.165) is 43.2 Å². The average Bonchev–Trinajstić information content (AvgIpc) is 3.78. The molecule has 2 aromatic carbocycles. The molecule has 6 nitrogen and oxygen atoms in total. The minimum atomic E-state index is -0.493. The molecule has 0 aliphatic heterocycles. The number of imidazole rings is 1. The second-order valence-corrected chi connectivity index (χ2v) is 11.5.